The van der Waals surface area contributed by atoms with Crippen LogP contribution in [0.2, 0.25) is 0 Å². The second-order valence-electron chi connectivity index (χ2n) is 5.26. The van der Waals surface area contributed by atoms with Crippen molar-refractivity contribution in [1.29, 1.82) is 0 Å². The van der Waals surface area contributed by atoms with E-state index in [1.807, 2.05) is 30.3 Å². The third-order valence-electron chi connectivity index (χ3n) is 3.64. The van der Waals surface area contributed by atoms with Crippen LogP contribution in [-0.4, -0.2) is 29.6 Å². The van der Waals surface area contributed by atoms with Gasteiger partial charge in [-0.1, -0.05) is 37.3 Å². The molecule has 94 valence electrons. The van der Waals surface area contributed by atoms with Crippen LogP contribution in [0.3, 0.4) is 0 Å². The lowest BCUT2D eigenvalue weighted by Gasteiger charge is -2.31. The number of likely N-dealkylation sites (tertiary alicyclic amines) is 1. The molecular formula is C15H23NO. The molecule has 0 aliphatic carbocycles. The quantitative estimate of drug-likeness (QED) is 0.864. The predicted molar refractivity (Wildman–Crippen MR) is 70.9 cm³/mol. The fourth-order valence-corrected chi connectivity index (χ4v) is 2.64. The molecule has 2 heteroatoms. The normalized spacial score (nSPS) is 23.5. The summed E-state index contributed by atoms with van der Waals surface area (Å²) in [5, 5.41) is 10.1. The molecule has 1 heterocycles. The molecule has 1 saturated heterocycles. The van der Waals surface area contributed by atoms with Gasteiger partial charge in [-0.25, -0.2) is 0 Å². The average Bonchev–Trinajstić information content (AvgIpc) is 2.37. The van der Waals surface area contributed by atoms with Gasteiger partial charge in [0.2, 0.25) is 0 Å². The molecule has 17 heavy (non-hydrogen) atoms. The Morgan fingerprint density at radius 1 is 1.35 bits per heavy atom. The van der Waals surface area contributed by atoms with E-state index in [0.717, 1.165) is 24.4 Å². The second-order valence-corrected chi connectivity index (χ2v) is 5.26. The largest absolute Gasteiger partial charge is 0.388 e. The zero-order chi connectivity index (χ0) is 12.1. The van der Waals surface area contributed by atoms with Crippen molar-refractivity contribution < 1.29 is 5.11 Å². The summed E-state index contributed by atoms with van der Waals surface area (Å²) in [4.78, 5) is 2.49. The molecule has 0 saturated carbocycles. The maximum Gasteiger partial charge on any atom is 0.0802 e. The number of hydrogen-bond acceptors (Lipinski definition) is 2. The molecule has 0 radical (unpaired) electrons. The Morgan fingerprint density at radius 3 is 2.82 bits per heavy atom. The van der Waals surface area contributed by atoms with Crippen LogP contribution in [0.15, 0.2) is 30.3 Å². The number of hydrogen-bond donors (Lipinski definition) is 1. The van der Waals surface area contributed by atoms with Crippen LogP contribution in [0.4, 0.5) is 0 Å². The van der Waals surface area contributed by atoms with Crippen LogP contribution in [0.1, 0.15) is 37.9 Å². The number of piperidine rings is 1. The average molecular weight is 233 g/mol. The van der Waals surface area contributed by atoms with Crippen molar-refractivity contribution in [2.24, 2.45) is 5.92 Å². The van der Waals surface area contributed by atoms with Gasteiger partial charge in [-0.15, -0.1) is 0 Å². The summed E-state index contributed by atoms with van der Waals surface area (Å²) in [6, 6.07) is 9.97. The van der Waals surface area contributed by atoms with Crippen molar-refractivity contribution in [3.63, 3.8) is 0 Å². The fourth-order valence-electron chi connectivity index (χ4n) is 2.64. The van der Waals surface area contributed by atoms with Gasteiger partial charge < -0.3 is 10.0 Å². The van der Waals surface area contributed by atoms with E-state index in [-0.39, 0.29) is 6.10 Å². The minimum Gasteiger partial charge on any atom is -0.388 e. The number of aliphatic hydroxyl groups excluding tert-OH is 1. The van der Waals surface area contributed by atoms with Gasteiger partial charge in [0.05, 0.1) is 6.10 Å². The SMILES string of the molecule is C[C@H]1CCCN(CC[C@H](O)c2ccccc2)C1. The minimum atomic E-state index is -0.312. The molecule has 1 aliphatic rings. The van der Waals surface area contributed by atoms with Gasteiger partial charge in [-0.3, -0.25) is 0 Å². The molecule has 1 fully saturated rings. The molecular weight excluding hydrogens is 210 g/mol. The Labute approximate surface area is 104 Å². The van der Waals surface area contributed by atoms with Gasteiger partial charge in [0.25, 0.3) is 0 Å². The van der Waals surface area contributed by atoms with E-state index in [0.29, 0.717) is 0 Å². The maximum atomic E-state index is 10.1. The highest BCUT2D eigenvalue weighted by atomic mass is 16.3. The molecule has 1 aliphatic heterocycles. The molecule has 1 N–H and O–H groups in total. The van der Waals surface area contributed by atoms with Gasteiger partial charge in [-0.2, -0.15) is 0 Å². The molecule has 0 bridgehead atoms. The molecule has 2 nitrogen and oxygen atoms in total. The van der Waals surface area contributed by atoms with E-state index in [2.05, 4.69) is 11.8 Å². The first-order valence-electron chi connectivity index (χ1n) is 6.71. The van der Waals surface area contributed by atoms with E-state index < -0.39 is 0 Å². The van der Waals surface area contributed by atoms with Crippen LogP contribution in [0, 0.1) is 5.92 Å². The highest BCUT2D eigenvalue weighted by Crippen LogP contribution is 2.19. The molecule has 2 atom stereocenters. The molecule has 1 aromatic carbocycles. The summed E-state index contributed by atoms with van der Waals surface area (Å²) in [6.07, 6.45) is 3.20. The molecule has 0 unspecified atom stereocenters. The Kier molecular flexibility index (Phi) is 4.57. The first-order valence-corrected chi connectivity index (χ1v) is 6.71. The number of rotatable bonds is 4. The molecule has 2 rings (SSSR count). The lowest BCUT2D eigenvalue weighted by Crippen LogP contribution is -2.35. The smallest absolute Gasteiger partial charge is 0.0802 e. The summed E-state index contributed by atoms with van der Waals surface area (Å²) in [7, 11) is 0. The fraction of sp³-hybridized carbons (Fsp3) is 0.600. The Morgan fingerprint density at radius 2 is 2.12 bits per heavy atom. The Bertz CT molecular complexity index is 325. The number of benzene rings is 1. The van der Waals surface area contributed by atoms with Gasteiger partial charge in [0.1, 0.15) is 0 Å². The standard InChI is InChI=1S/C15H23NO/c1-13-6-5-10-16(12-13)11-9-15(17)14-7-3-2-4-8-14/h2-4,7-8,13,15,17H,5-6,9-12H2,1H3/t13-,15-/m0/s1. The molecule has 0 spiro atoms. The van der Waals surface area contributed by atoms with E-state index in [9.17, 15) is 5.11 Å². The van der Waals surface area contributed by atoms with Crippen LogP contribution < -0.4 is 0 Å². The second kappa shape index (κ2) is 6.18. The van der Waals surface area contributed by atoms with E-state index in [1.54, 1.807) is 0 Å². The highest BCUT2D eigenvalue weighted by Gasteiger charge is 2.17. The van der Waals surface area contributed by atoms with Crippen molar-refractivity contribution in [1.82, 2.24) is 4.90 Å². The van der Waals surface area contributed by atoms with Crippen molar-refractivity contribution in [2.45, 2.75) is 32.3 Å². The molecule has 1 aromatic rings. The highest BCUT2D eigenvalue weighted by molar-refractivity contribution is 5.17. The lowest BCUT2D eigenvalue weighted by atomic mass is 9.99. The summed E-state index contributed by atoms with van der Waals surface area (Å²) in [5.74, 6) is 0.817. The first kappa shape index (κ1) is 12.6. The lowest BCUT2D eigenvalue weighted by molar-refractivity contribution is 0.122. The van der Waals surface area contributed by atoms with Gasteiger partial charge in [0.15, 0.2) is 0 Å². The van der Waals surface area contributed by atoms with E-state index in [4.69, 9.17) is 0 Å². The predicted octanol–water partition coefficient (Wildman–Crippen LogP) is 2.84. The Balaban J connectivity index is 1.78. The summed E-state index contributed by atoms with van der Waals surface area (Å²) >= 11 is 0. The maximum absolute atomic E-state index is 10.1. The minimum absolute atomic E-state index is 0.312. The van der Waals surface area contributed by atoms with Crippen molar-refractivity contribution in [3.8, 4) is 0 Å². The van der Waals surface area contributed by atoms with Gasteiger partial charge >= 0.3 is 0 Å². The third kappa shape index (κ3) is 3.83. The summed E-state index contributed by atoms with van der Waals surface area (Å²) < 4.78 is 0. The van der Waals surface area contributed by atoms with Crippen LogP contribution in [-0.2, 0) is 0 Å². The number of nitrogens with zero attached hydrogens (tertiary/aromatic N) is 1. The van der Waals surface area contributed by atoms with E-state index >= 15 is 0 Å². The van der Waals surface area contributed by atoms with Crippen LogP contribution in [0.25, 0.3) is 0 Å². The van der Waals surface area contributed by atoms with Crippen LogP contribution >= 0.6 is 0 Å². The zero-order valence-electron chi connectivity index (χ0n) is 10.7. The van der Waals surface area contributed by atoms with Gasteiger partial charge in [0, 0.05) is 13.1 Å². The topological polar surface area (TPSA) is 23.5 Å². The van der Waals surface area contributed by atoms with Crippen LogP contribution in [0.5, 0.6) is 0 Å². The van der Waals surface area contributed by atoms with Crippen molar-refractivity contribution in [2.75, 3.05) is 19.6 Å². The molecule has 0 aromatic heterocycles. The number of aliphatic hydroxyl groups is 1. The monoisotopic (exact) mass is 233 g/mol. The summed E-state index contributed by atoms with van der Waals surface area (Å²) in [5.41, 5.74) is 1.04. The van der Waals surface area contributed by atoms with Crippen molar-refractivity contribution >= 4 is 0 Å². The first-order chi connectivity index (χ1) is 8.25. The van der Waals surface area contributed by atoms with E-state index in [1.165, 1.54) is 25.9 Å². The Hall–Kier alpha value is -0.860. The zero-order valence-corrected chi connectivity index (χ0v) is 10.7. The molecule has 0 amide bonds. The summed E-state index contributed by atoms with van der Waals surface area (Å²) in [6.45, 7) is 5.73. The van der Waals surface area contributed by atoms with Crippen molar-refractivity contribution in [3.05, 3.63) is 35.9 Å². The third-order valence-corrected chi connectivity index (χ3v) is 3.64. The van der Waals surface area contributed by atoms with Gasteiger partial charge in [-0.05, 0) is 37.3 Å².